The summed E-state index contributed by atoms with van der Waals surface area (Å²) in [7, 11) is 0. The molecule has 6 heterocycles. The highest BCUT2D eigenvalue weighted by Crippen LogP contribution is 2.37. The minimum atomic E-state index is 0.808. The molecule has 1 aromatic carbocycles. The van der Waals surface area contributed by atoms with Crippen LogP contribution >= 0.6 is 22.7 Å². The fourth-order valence-electron chi connectivity index (χ4n) is 4.18. The van der Waals surface area contributed by atoms with Crippen molar-refractivity contribution in [2.75, 3.05) is 0 Å². The monoisotopic (exact) mass is 449 g/mol. The molecule has 0 aliphatic carbocycles. The maximum atomic E-state index is 4.96. The quantitative estimate of drug-likeness (QED) is 0.282. The van der Waals surface area contributed by atoms with Crippen molar-refractivity contribution in [2.24, 2.45) is 0 Å². The van der Waals surface area contributed by atoms with E-state index in [1.54, 1.807) is 28.9 Å². The number of nitrogens with one attached hydrogen (secondary N) is 2. The van der Waals surface area contributed by atoms with Crippen molar-refractivity contribution in [3.8, 4) is 31.8 Å². The molecule has 0 saturated carbocycles. The Hall–Kier alpha value is -3.81. The molecule has 0 atom stereocenters. The first-order valence-corrected chi connectivity index (χ1v) is 11.9. The first-order valence-electron chi connectivity index (χ1n) is 10.2. The van der Waals surface area contributed by atoms with Crippen molar-refractivity contribution >= 4 is 55.5 Å². The molecule has 0 unspecified atom stereocenters. The van der Waals surface area contributed by atoms with E-state index in [1.807, 2.05) is 18.3 Å². The van der Waals surface area contributed by atoms with E-state index in [9.17, 15) is 0 Å². The second-order valence-electron chi connectivity index (χ2n) is 7.54. The van der Waals surface area contributed by atoms with Crippen LogP contribution in [0.15, 0.2) is 78.4 Å². The zero-order valence-electron chi connectivity index (χ0n) is 16.7. The van der Waals surface area contributed by atoms with E-state index in [2.05, 4.69) is 73.8 Å². The Morgan fingerprint density at radius 1 is 0.625 bits per heavy atom. The lowest BCUT2D eigenvalue weighted by atomic mass is 10.1. The normalized spacial score (nSPS) is 11.8. The van der Waals surface area contributed by atoms with Gasteiger partial charge in [0.15, 0.2) is 5.82 Å². The van der Waals surface area contributed by atoms with Gasteiger partial charge in [0.1, 0.15) is 0 Å². The number of hydrogen-bond donors (Lipinski definition) is 2. The molecule has 5 nitrogen and oxygen atoms in total. The van der Waals surface area contributed by atoms with Gasteiger partial charge in [-0.3, -0.25) is 9.97 Å². The van der Waals surface area contributed by atoms with Gasteiger partial charge in [-0.15, -0.1) is 22.7 Å². The zero-order valence-corrected chi connectivity index (χ0v) is 18.3. The lowest BCUT2D eigenvalue weighted by Crippen LogP contribution is -1.86. The fourth-order valence-corrected chi connectivity index (χ4v) is 6.00. The van der Waals surface area contributed by atoms with E-state index in [4.69, 9.17) is 4.98 Å². The van der Waals surface area contributed by atoms with Gasteiger partial charge in [0.25, 0.3) is 0 Å². The van der Waals surface area contributed by atoms with E-state index in [1.165, 1.54) is 14.6 Å². The largest absolute Gasteiger partial charge is 0.351 e. The molecule has 7 heteroatoms. The maximum absolute atomic E-state index is 4.96. The van der Waals surface area contributed by atoms with Crippen molar-refractivity contribution in [2.45, 2.75) is 0 Å². The van der Waals surface area contributed by atoms with Crippen molar-refractivity contribution in [1.82, 2.24) is 24.9 Å². The molecule has 0 aliphatic rings. The molecule has 6 aromatic heterocycles. The topological polar surface area (TPSA) is 70.2 Å². The van der Waals surface area contributed by atoms with Gasteiger partial charge in [-0.1, -0.05) is 6.07 Å². The van der Waals surface area contributed by atoms with E-state index in [0.29, 0.717) is 0 Å². The molecule has 0 fully saturated rings. The third-order valence-electron chi connectivity index (χ3n) is 5.64. The number of benzene rings is 1. The van der Waals surface area contributed by atoms with Crippen LogP contribution in [-0.4, -0.2) is 24.9 Å². The Balaban J connectivity index is 1.37. The molecular weight excluding hydrogens is 434 g/mol. The number of imidazole rings is 1. The highest BCUT2D eigenvalue weighted by molar-refractivity contribution is 7.23. The lowest BCUT2D eigenvalue weighted by Gasteiger charge is -2.03. The molecule has 152 valence electrons. The average Bonchev–Trinajstić information content (AvgIpc) is 3.63. The van der Waals surface area contributed by atoms with Gasteiger partial charge in [0.05, 0.1) is 38.3 Å². The van der Waals surface area contributed by atoms with E-state index < -0.39 is 0 Å². The molecule has 2 N–H and O–H groups in total. The van der Waals surface area contributed by atoms with Crippen LogP contribution in [0.1, 0.15) is 0 Å². The number of aromatic amines is 2. The maximum Gasteiger partial charge on any atom is 0.155 e. The number of nitrogens with zero attached hydrogens (tertiary/aromatic N) is 3. The van der Waals surface area contributed by atoms with Crippen LogP contribution in [0, 0.1) is 0 Å². The second-order valence-corrected chi connectivity index (χ2v) is 9.57. The van der Waals surface area contributed by atoms with Crippen molar-refractivity contribution in [3.63, 3.8) is 0 Å². The van der Waals surface area contributed by atoms with Gasteiger partial charge in [-0.2, -0.15) is 0 Å². The molecule has 0 bridgehead atoms. The number of rotatable bonds is 3. The highest BCUT2D eigenvalue weighted by Gasteiger charge is 2.16. The van der Waals surface area contributed by atoms with Gasteiger partial charge < -0.3 is 9.97 Å². The highest BCUT2D eigenvalue weighted by atomic mass is 32.1. The number of fused-ring (bicyclic) bond motifs is 6. The Labute approximate surface area is 190 Å². The summed E-state index contributed by atoms with van der Waals surface area (Å²) in [5.74, 6) is 0.808. The van der Waals surface area contributed by atoms with Crippen LogP contribution < -0.4 is 0 Å². The number of pyridine rings is 2. The summed E-state index contributed by atoms with van der Waals surface area (Å²) in [6, 6.07) is 20.8. The predicted octanol–water partition coefficient (Wildman–Crippen LogP) is 7.11. The standard InChI is InChI=1S/C25H15N5S2/c1-4-14-21(26-11-1)22-15(5-2-12-27-22)24-23(14)29-25(30-24)17-8-7-16(28-17)18-9-10-20(32-18)19-6-3-13-31-19/h1-13,28H,(H,29,30). The molecule has 32 heavy (non-hydrogen) atoms. The van der Waals surface area contributed by atoms with Gasteiger partial charge in [-0.25, -0.2) is 4.98 Å². The molecule has 0 saturated heterocycles. The first kappa shape index (κ1) is 17.8. The molecule has 0 amide bonds. The zero-order chi connectivity index (χ0) is 21.1. The molecule has 0 spiro atoms. The predicted molar refractivity (Wildman–Crippen MR) is 133 cm³/mol. The lowest BCUT2D eigenvalue weighted by molar-refractivity contribution is 1.28. The fraction of sp³-hybridized carbons (Fsp3) is 0. The summed E-state index contributed by atoms with van der Waals surface area (Å²) in [4.78, 5) is 25.0. The molecular formula is C25H15N5S2. The van der Waals surface area contributed by atoms with Crippen molar-refractivity contribution in [3.05, 3.63) is 78.4 Å². The Bertz CT molecular complexity index is 1660. The van der Waals surface area contributed by atoms with Crippen LogP contribution in [0.2, 0.25) is 0 Å². The number of hydrogen-bond acceptors (Lipinski definition) is 5. The summed E-state index contributed by atoms with van der Waals surface area (Å²) in [5.41, 5.74) is 5.70. The molecule has 7 rings (SSSR count). The summed E-state index contributed by atoms with van der Waals surface area (Å²) in [5, 5.41) is 4.14. The van der Waals surface area contributed by atoms with Crippen LogP contribution in [0.5, 0.6) is 0 Å². The van der Waals surface area contributed by atoms with Gasteiger partial charge in [-0.05, 0) is 60.0 Å². The third kappa shape index (κ3) is 2.65. The first-order chi connectivity index (χ1) is 15.8. The van der Waals surface area contributed by atoms with Gasteiger partial charge in [0.2, 0.25) is 0 Å². The molecule has 7 aromatic rings. The van der Waals surface area contributed by atoms with Crippen LogP contribution in [0.3, 0.4) is 0 Å². The Kier molecular flexibility index (Phi) is 3.81. The smallest absolute Gasteiger partial charge is 0.155 e. The number of H-pyrrole nitrogens is 2. The Morgan fingerprint density at radius 2 is 1.41 bits per heavy atom. The third-order valence-corrected chi connectivity index (χ3v) is 7.83. The number of thiophene rings is 2. The SMILES string of the molecule is c1csc(-c2ccc(-c3ccc(-c4nc5c6cccnc6c6ncccc6c5[nH]4)[nH]3)s2)c1. The molecule has 0 aliphatic heterocycles. The van der Waals surface area contributed by atoms with Crippen LogP contribution in [0.25, 0.3) is 64.7 Å². The summed E-state index contributed by atoms with van der Waals surface area (Å²) >= 11 is 3.56. The minimum absolute atomic E-state index is 0.808. The summed E-state index contributed by atoms with van der Waals surface area (Å²) < 4.78 is 0. The minimum Gasteiger partial charge on any atom is -0.351 e. The van der Waals surface area contributed by atoms with Crippen molar-refractivity contribution in [1.29, 1.82) is 0 Å². The average molecular weight is 450 g/mol. The van der Waals surface area contributed by atoms with E-state index >= 15 is 0 Å². The van der Waals surface area contributed by atoms with E-state index in [0.717, 1.165) is 50.1 Å². The Morgan fingerprint density at radius 3 is 2.25 bits per heavy atom. The van der Waals surface area contributed by atoms with Crippen LogP contribution in [-0.2, 0) is 0 Å². The number of aromatic nitrogens is 5. The second kappa shape index (κ2) is 6.85. The van der Waals surface area contributed by atoms with E-state index in [-0.39, 0.29) is 0 Å². The van der Waals surface area contributed by atoms with Gasteiger partial charge >= 0.3 is 0 Å². The molecule has 0 radical (unpaired) electrons. The van der Waals surface area contributed by atoms with Crippen molar-refractivity contribution < 1.29 is 0 Å². The summed E-state index contributed by atoms with van der Waals surface area (Å²) in [6.45, 7) is 0. The summed E-state index contributed by atoms with van der Waals surface area (Å²) in [6.07, 6.45) is 3.61. The van der Waals surface area contributed by atoms with Gasteiger partial charge in [0, 0.05) is 32.9 Å². The van der Waals surface area contributed by atoms with Crippen LogP contribution in [0.4, 0.5) is 0 Å².